The van der Waals surface area contributed by atoms with Gasteiger partial charge in [0, 0.05) is 0 Å². The van der Waals surface area contributed by atoms with Gasteiger partial charge in [0.2, 0.25) is 0 Å². The zero-order valence-electron chi connectivity index (χ0n) is 7.00. The van der Waals surface area contributed by atoms with Crippen molar-refractivity contribution in [2.75, 3.05) is 0 Å². The minimum Gasteiger partial charge on any atom is -0.320 e. The molecule has 0 fully saturated rings. The fraction of sp³-hybridized carbons (Fsp3) is 1.00. The summed E-state index contributed by atoms with van der Waals surface area (Å²) in [6.07, 6.45) is -3.85. The molecule has 0 saturated carbocycles. The van der Waals surface area contributed by atoms with E-state index in [2.05, 4.69) is 0 Å². The summed E-state index contributed by atoms with van der Waals surface area (Å²) < 4.78 is 36.0. The zero-order valence-corrected chi connectivity index (χ0v) is 7.00. The molecule has 0 spiro atoms. The Morgan fingerprint density at radius 3 is 1.73 bits per heavy atom. The molecule has 0 aromatic carbocycles. The Balaban J connectivity index is 4.35. The summed E-state index contributed by atoms with van der Waals surface area (Å²) in [5.41, 5.74) is 4.15. The van der Waals surface area contributed by atoms with E-state index in [4.69, 9.17) is 5.73 Å². The standard InChI is InChI=1S/C7H14F3N/c1-4-6(2,3)5(11)7(8,9)10/h5H,4,11H2,1-3H3/t5-/m1/s1. The van der Waals surface area contributed by atoms with Crippen molar-refractivity contribution in [3.63, 3.8) is 0 Å². The Hall–Kier alpha value is -0.250. The van der Waals surface area contributed by atoms with Gasteiger partial charge in [-0.1, -0.05) is 20.8 Å². The van der Waals surface area contributed by atoms with Crippen molar-refractivity contribution in [1.82, 2.24) is 0 Å². The van der Waals surface area contributed by atoms with E-state index in [1.165, 1.54) is 13.8 Å². The molecule has 4 heteroatoms. The van der Waals surface area contributed by atoms with Crippen molar-refractivity contribution < 1.29 is 13.2 Å². The van der Waals surface area contributed by atoms with Crippen LogP contribution in [-0.2, 0) is 0 Å². The van der Waals surface area contributed by atoms with Crippen LogP contribution in [0.3, 0.4) is 0 Å². The Morgan fingerprint density at radius 1 is 1.27 bits per heavy atom. The fourth-order valence-corrected chi connectivity index (χ4v) is 0.663. The van der Waals surface area contributed by atoms with Crippen LogP contribution >= 0.6 is 0 Å². The third-order valence-electron chi connectivity index (χ3n) is 2.11. The summed E-state index contributed by atoms with van der Waals surface area (Å²) in [4.78, 5) is 0. The van der Waals surface area contributed by atoms with Crippen molar-refractivity contribution in [1.29, 1.82) is 0 Å². The molecular weight excluding hydrogens is 155 g/mol. The van der Waals surface area contributed by atoms with Crippen LogP contribution < -0.4 is 5.73 Å². The zero-order chi connectivity index (χ0) is 9.28. The van der Waals surface area contributed by atoms with Crippen molar-refractivity contribution in [3.8, 4) is 0 Å². The Bertz CT molecular complexity index is 128. The molecule has 0 unspecified atom stereocenters. The highest BCUT2D eigenvalue weighted by molar-refractivity contribution is 4.85. The maximum absolute atomic E-state index is 12.0. The number of hydrogen-bond donors (Lipinski definition) is 1. The van der Waals surface area contributed by atoms with Crippen LogP contribution in [0.15, 0.2) is 0 Å². The Kier molecular flexibility index (Phi) is 2.94. The minimum atomic E-state index is -4.28. The lowest BCUT2D eigenvalue weighted by Gasteiger charge is -2.31. The maximum atomic E-state index is 12.0. The molecule has 0 amide bonds. The molecule has 0 heterocycles. The number of hydrogen-bond acceptors (Lipinski definition) is 1. The van der Waals surface area contributed by atoms with Crippen molar-refractivity contribution in [2.45, 2.75) is 39.4 Å². The molecule has 0 radical (unpaired) electrons. The second-order valence-corrected chi connectivity index (χ2v) is 3.36. The third kappa shape index (κ3) is 2.69. The summed E-state index contributed by atoms with van der Waals surface area (Å²) in [7, 11) is 0. The number of halogens is 3. The highest BCUT2D eigenvalue weighted by Gasteiger charge is 2.45. The van der Waals surface area contributed by atoms with E-state index in [1.54, 1.807) is 6.92 Å². The smallest absolute Gasteiger partial charge is 0.320 e. The maximum Gasteiger partial charge on any atom is 0.404 e. The molecule has 0 bridgehead atoms. The van der Waals surface area contributed by atoms with Gasteiger partial charge in [-0.05, 0) is 11.8 Å². The Labute approximate surface area is 64.8 Å². The second kappa shape index (κ2) is 3.01. The molecule has 0 aliphatic heterocycles. The van der Waals surface area contributed by atoms with Crippen LogP contribution in [-0.4, -0.2) is 12.2 Å². The van der Waals surface area contributed by atoms with Gasteiger partial charge in [-0.25, -0.2) is 0 Å². The molecule has 11 heavy (non-hydrogen) atoms. The average molecular weight is 169 g/mol. The minimum absolute atomic E-state index is 0.424. The molecule has 0 aliphatic rings. The molecule has 2 N–H and O–H groups in total. The van der Waals surface area contributed by atoms with Gasteiger partial charge < -0.3 is 5.73 Å². The first-order valence-corrected chi connectivity index (χ1v) is 3.54. The van der Waals surface area contributed by atoms with Crippen LogP contribution in [0.25, 0.3) is 0 Å². The van der Waals surface area contributed by atoms with Gasteiger partial charge in [0.1, 0.15) is 6.04 Å². The second-order valence-electron chi connectivity index (χ2n) is 3.36. The molecule has 0 rings (SSSR count). The molecular formula is C7H14F3N. The van der Waals surface area contributed by atoms with E-state index in [0.717, 1.165) is 0 Å². The van der Waals surface area contributed by atoms with Gasteiger partial charge in [0.15, 0.2) is 0 Å². The molecule has 1 nitrogen and oxygen atoms in total. The summed E-state index contributed by atoms with van der Waals surface area (Å²) >= 11 is 0. The lowest BCUT2D eigenvalue weighted by atomic mass is 9.82. The van der Waals surface area contributed by atoms with Crippen LogP contribution in [0, 0.1) is 5.41 Å². The largest absolute Gasteiger partial charge is 0.404 e. The summed E-state index contributed by atoms with van der Waals surface area (Å²) in [5.74, 6) is 0. The molecule has 68 valence electrons. The highest BCUT2D eigenvalue weighted by atomic mass is 19.4. The average Bonchev–Trinajstić information content (AvgIpc) is 1.84. The lowest BCUT2D eigenvalue weighted by Crippen LogP contribution is -2.48. The highest BCUT2D eigenvalue weighted by Crippen LogP contribution is 2.34. The van der Waals surface area contributed by atoms with Gasteiger partial charge in [-0.2, -0.15) is 13.2 Å². The first kappa shape index (κ1) is 10.8. The van der Waals surface area contributed by atoms with E-state index in [0.29, 0.717) is 6.42 Å². The summed E-state index contributed by atoms with van der Waals surface area (Å²) in [5, 5.41) is 0. The monoisotopic (exact) mass is 169 g/mol. The van der Waals surface area contributed by atoms with Gasteiger partial charge >= 0.3 is 6.18 Å². The first-order chi connectivity index (χ1) is 4.72. The van der Waals surface area contributed by atoms with Crippen molar-refractivity contribution in [2.24, 2.45) is 11.1 Å². The quantitative estimate of drug-likeness (QED) is 0.674. The van der Waals surface area contributed by atoms with Crippen LogP contribution in [0.2, 0.25) is 0 Å². The van der Waals surface area contributed by atoms with E-state index < -0.39 is 17.6 Å². The van der Waals surface area contributed by atoms with E-state index in [-0.39, 0.29) is 0 Å². The van der Waals surface area contributed by atoms with E-state index in [1.807, 2.05) is 0 Å². The SMILES string of the molecule is CCC(C)(C)[C@@H](N)C(F)(F)F. The van der Waals surface area contributed by atoms with Gasteiger partial charge in [0.25, 0.3) is 0 Å². The van der Waals surface area contributed by atoms with Crippen LogP contribution in [0.5, 0.6) is 0 Å². The molecule has 0 aliphatic carbocycles. The predicted molar refractivity (Wildman–Crippen MR) is 38.1 cm³/mol. The van der Waals surface area contributed by atoms with Gasteiger partial charge in [-0.15, -0.1) is 0 Å². The molecule has 1 atom stereocenters. The van der Waals surface area contributed by atoms with Crippen LogP contribution in [0.1, 0.15) is 27.2 Å². The van der Waals surface area contributed by atoms with Gasteiger partial charge in [0.05, 0.1) is 0 Å². The van der Waals surface area contributed by atoms with Crippen molar-refractivity contribution in [3.05, 3.63) is 0 Å². The lowest BCUT2D eigenvalue weighted by molar-refractivity contribution is -0.170. The number of alkyl halides is 3. The normalized spacial score (nSPS) is 16.6. The van der Waals surface area contributed by atoms with Gasteiger partial charge in [-0.3, -0.25) is 0 Å². The van der Waals surface area contributed by atoms with Crippen LogP contribution in [0.4, 0.5) is 13.2 Å². The number of rotatable bonds is 2. The number of nitrogens with two attached hydrogens (primary N) is 1. The topological polar surface area (TPSA) is 26.0 Å². The van der Waals surface area contributed by atoms with E-state index in [9.17, 15) is 13.2 Å². The third-order valence-corrected chi connectivity index (χ3v) is 2.11. The van der Waals surface area contributed by atoms with E-state index >= 15 is 0 Å². The molecule has 0 aromatic rings. The Morgan fingerprint density at radius 2 is 1.64 bits per heavy atom. The summed E-state index contributed by atoms with van der Waals surface area (Å²) in [6, 6.07) is -1.72. The fourth-order valence-electron chi connectivity index (χ4n) is 0.663. The van der Waals surface area contributed by atoms with Crippen molar-refractivity contribution >= 4 is 0 Å². The predicted octanol–water partition coefficient (Wildman–Crippen LogP) is 2.31. The first-order valence-electron chi connectivity index (χ1n) is 3.54. The molecule has 0 aromatic heterocycles. The molecule has 0 saturated heterocycles. The summed E-state index contributed by atoms with van der Waals surface area (Å²) in [6.45, 7) is 4.74.